The minimum Gasteiger partial charge on any atom is -0.339 e. The van der Waals surface area contributed by atoms with Gasteiger partial charge in [-0.15, -0.1) is 0 Å². The fraction of sp³-hybridized carbons (Fsp3) is 0.346. The monoisotopic (exact) mass is 467 g/mol. The first-order chi connectivity index (χ1) is 16.4. The topological polar surface area (TPSA) is 78.5 Å². The molecule has 2 fully saturated rings. The molecule has 0 bridgehead atoms. The van der Waals surface area contributed by atoms with E-state index in [2.05, 4.69) is 10.6 Å². The van der Waals surface area contributed by atoms with Gasteiger partial charge in [-0.1, -0.05) is 36.4 Å². The summed E-state index contributed by atoms with van der Waals surface area (Å²) in [5.74, 6) is -2.25. The van der Waals surface area contributed by atoms with Crippen LogP contribution in [-0.4, -0.2) is 41.4 Å². The van der Waals surface area contributed by atoms with Crippen LogP contribution in [-0.2, 0) is 16.0 Å². The van der Waals surface area contributed by atoms with Gasteiger partial charge in [0.1, 0.15) is 17.2 Å². The zero-order valence-electron chi connectivity index (χ0n) is 18.7. The van der Waals surface area contributed by atoms with Crippen LogP contribution in [0.25, 0.3) is 6.08 Å². The van der Waals surface area contributed by atoms with Gasteiger partial charge in [0, 0.05) is 24.7 Å². The lowest BCUT2D eigenvalue weighted by molar-refractivity contribution is -0.130. The Kier molecular flexibility index (Phi) is 7.05. The Bertz CT molecular complexity index is 1080. The number of benzene rings is 2. The second-order valence-corrected chi connectivity index (χ2v) is 8.79. The third kappa shape index (κ3) is 5.00. The van der Waals surface area contributed by atoms with Crippen LogP contribution in [0.15, 0.2) is 54.6 Å². The summed E-state index contributed by atoms with van der Waals surface area (Å²) < 4.78 is 27.6. The second-order valence-electron chi connectivity index (χ2n) is 8.79. The lowest BCUT2D eigenvalue weighted by atomic mass is 9.74. The van der Waals surface area contributed by atoms with Gasteiger partial charge in [-0.3, -0.25) is 14.9 Å². The molecule has 4 amide bonds. The minimum absolute atomic E-state index is 0.119. The van der Waals surface area contributed by atoms with Gasteiger partial charge in [-0.05, 0) is 61.8 Å². The minimum atomic E-state index is -0.993. The maximum atomic E-state index is 13.8. The van der Waals surface area contributed by atoms with Gasteiger partial charge in [0.25, 0.3) is 5.91 Å². The first-order valence-corrected chi connectivity index (χ1v) is 11.5. The van der Waals surface area contributed by atoms with Gasteiger partial charge in [-0.25, -0.2) is 13.6 Å². The number of aryl methyl sites for hydroxylation is 1. The van der Waals surface area contributed by atoms with E-state index in [9.17, 15) is 23.2 Å². The first-order valence-electron chi connectivity index (χ1n) is 11.5. The Balaban J connectivity index is 1.39. The van der Waals surface area contributed by atoms with Gasteiger partial charge in [0.15, 0.2) is 0 Å². The number of rotatable bonds is 7. The third-order valence-corrected chi connectivity index (χ3v) is 6.74. The van der Waals surface area contributed by atoms with Gasteiger partial charge >= 0.3 is 6.03 Å². The van der Waals surface area contributed by atoms with E-state index >= 15 is 0 Å². The predicted molar refractivity (Wildman–Crippen MR) is 123 cm³/mol. The molecule has 2 aliphatic heterocycles. The third-order valence-electron chi connectivity index (χ3n) is 6.74. The SMILES string of the molecule is O=C1NC(=O)C(CCCc2ccccc2)(C2CCN(C(=O)/C=C/c3c(F)cccc3F)CC2)N1. The highest BCUT2D eigenvalue weighted by Crippen LogP contribution is 2.35. The average Bonchev–Trinajstić information content (AvgIpc) is 3.13. The van der Waals surface area contributed by atoms with Crippen molar-refractivity contribution in [3.8, 4) is 0 Å². The molecule has 34 heavy (non-hydrogen) atoms. The van der Waals surface area contributed by atoms with Crippen molar-refractivity contribution in [2.24, 2.45) is 5.92 Å². The van der Waals surface area contributed by atoms with Crippen molar-refractivity contribution in [3.63, 3.8) is 0 Å². The number of hydrogen-bond acceptors (Lipinski definition) is 3. The van der Waals surface area contributed by atoms with E-state index < -0.39 is 23.2 Å². The molecule has 0 aromatic heterocycles. The molecule has 0 radical (unpaired) electrons. The molecule has 4 rings (SSSR count). The number of urea groups is 1. The van der Waals surface area contributed by atoms with E-state index in [1.165, 1.54) is 17.7 Å². The highest BCUT2D eigenvalue weighted by atomic mass is 19.1. The molecule has 2 heterocycles. The molecule has 0 spiro atoms. The molecule has 178 valence electrons. The zero-order valence-corrected chi connectivity index (χ0v) is 18.7. The summed E-state index contributed by atoms with van der Waals surface area (Å²) in [6, 6.07) is 13.0. The molecule has 1 atom stereocenters. The first kappa shape index (κ1) is 23.6. The van der Waals surface area contributed by atoms with E-state index in [0.29, 0.717) is 32.4 Å². The molecule has 2 aromatic carbocycles. The molecule has 1 unspecified atom stereocenters. The lowest BCUT2D eigenvalue weighted by Crippen LogP contribution is -2.56. The fourth-order valence-corrected chi connectivity index (χ4v) is 4.91. The van der Waals surface area contributed by atoms with Crippen molar-refractivity contribution in [1.29, 1.82) is 0 Å². The molecular formula is C26H27F2N3O3. The average molecular weight is 468 g/mol. The van der Waals surface area contributed by atoms with E-state index in [1.807, 2.05) is 30.3 Å². The lowest BCUT2D eigenvalue weighted by Gasteiger charge is -2.40. The summed E-state index contributed by atoms with van der Waals surface area (Å²) in [6.07, 6.45) is 5.41. The summed E-state index contributed by atoms with van der Waals surface area (Å²) in [6.45, 7) is 0.772. The van der Waals surface area contributed by atoms with Crippen LogP contribution in [0.4, 0.5) is 13.6 Å². The predicted octanol–water partition coefficient (Wildman–Crippen LogP) is 3.82. The number of amides is 4. The van der Waals surface area contributed by atoms with E-state index in [4.69, 9.17) is 0 Å². The van der Waals surface area contributed by atoms with Crippen LogP contribution in [0.5, 0.6) is 0 Å². The van der Waals surface area contributed by atoms with Crippen LogP contribution < -0.4 is 10.6 Å². The Morgan fingerprint density at radius 2 is 1.71 bits per heavy atom. The molecular weight excluding hydrogens is 440 g/mol. The smallest absolute Gasteiger partial charge is 0.322 e. The van der Waals surface area contributed by atoms with Crippen molar-refractivity contribution in [3.05, 3.63) is 77.4 Å². The second kappa shape index (κ2) is 10.2. The summed E-state index contributed by atoms with van der Waals surface area (Å²) in [4.78, 5) is 39.0. The number of hydrogen-bond donors (Lipinski definition) is 2. The Morgan fingerprint density at radius 1 is 1.03 bits per heavy atom. The number of halogens is 2. The summed E-state index contributed by atoms with van der Waals surface area (Å²) in [5.41, 5.74) is -0.0815. The largest absolute Gasteiger partial charge is 0.339 e. The van der Waals surface area contributed by atoms with Crippen LogP contribution in [0, 0.1) is 17.6 Å². The highest BCUT2D eigenvalue weighted by molar-refractivity contribution is 6.07. The van der Waals surface area contributed by atoms with Crippen molar-refractivity contribution in [1.82, 2.24) is 15.5 Å². The molecule has 0 aliphatic carbocycles. The number of nitrogens with one attached hydrogen (secondary N) is 2. The summed E-state index contributed by atoms with van der Waals surface area (Å²) in [7, 11) is 0. The van der Waals surface area contributed by atoms with Crippen molar-refractivity contribution < 1.29 is 23.2 Å². The van der Waals surface area contributed by atoms with E-state index in [1.54, 1.807) is 4.90 Å². The normalized spacial score (nSPS) is 21.1. The van der Waals surface area contributed by atoms with Gasteiger partial charge in [0.2, 0.25) is 5.91 Å². The van der Waals surface area contributed by atoms with Gasteiger partial charge in [0.05, 0.1) is 0 Å². The van der Waals surface area contributed by atoms with Crippen molar-refractivity contribution in [2.75, 3.05) is 13.1 Å². The maximum absolute atomic E-state index is 13.8. The fourth-order valence-electron chi connectivity index (χ4n) is 4.91. The Hall–Kier alpha value is -3.55. The molecule has 2 N–H and O–H groups in total. The van der Waals surface area contributed by atoms with Gasteiger partial charge in [-0.2, -0.15) is 0 Å². The Morgan fingerprint density at radius 3 is 2.32 bits per heavy atom. The molecule has 2 aliphatic rings. The number of nitrogens with zero attached hydrogens (tertiary/aromatic N) is 1. The van der Waals surface area contributed by atoms with E-state index in [-0.39, 0.29) is 23.3 Å². The molecule has 2 aromatic rings. The van der Waals surface area contributed by atoms with Crippen LogP contribution >= 0.6 is 0 Å². The number of carbonyl (C=O) groups excluding carboxylic acids is 3. The van der Waals surface area contributed by atoms with Crippen molar-refractivity contribution >= 4 is 23.9 Å². The summed E-state index contributed by atoms with van der Waals surface area (Å²) in [5, 5.41) is 5.26. The van der Waals surface area contributed by atoms with Gasteiger partial charge < -0.3 is 10.2 Å². The number of likely N-dealkylation sites (tertiary alicyclic amines) is 1. The van der Waals surface area contributed by atoms with Crippen LogP contribution in [0.2, 0.25) is 0 Å². The van der Waals surface area contributed by atoms with Crippen molar-refractivity contribution in [2.45, 2.75) is 37.6 Å². The Labute approximate surface area is 197 Å². The number of piperidine rings is 1. The molecule has 6 nitrogen and oxygen atoms in total. The summed E-state index contributed by atoms with van der Waals surface area (Å²) >= 11 is 0. The quantitative estimate of drug-likeness (QED) is 0.480. The molecule has 0 saturated carbocycles. The highest BCUT2D eigenvalue weighted by Gasteiger charge is 2.51. The molecule has 2 saturated heterocycles. The van der Waals surface area contributed by atoms with Crippen LogP contribution in [0.3, 0.4) is 0 Å². The number of imide groups is 1. The van der Waals surface area contributed by atoms with E-state index in [0.717, 1.165) is 31.1 Å². The maximum Gasteiger partial charge on any atom is 0.322 e. The van der Waals surface area contributed by atoms with Crippen LogP contribution in [0.1, 0.15) is 36.8 Å². The standard InChI is InChI=1S/C26H27F2N3O3/c27-21-9-4-10-22(28)20(21)11-12-23(32)31-16-13-19(14-17-31)26(24(33)29-25(34)30-26)15-5-8-18-6-2-1-3-7-18/h1-4,6-7,9-12,19H,5,8,13-17H2,(H2,29,30,33,34)/b12-11+. The zero-order chi connectivity index (χ0) is 24.1. The number of carbonyl (C=O) groups is 3. The molecule has 8 heteroatoms.